The van der Waals surface area contributed by atoms with Gasteiger partial charge >= 0.3 is 0 Å². The molecule has 26 heavy (non-hydrogen) atoms. The van der Waals surface area contributed by atoms with Crippen LogP contribution in [0, 0.1) is 6.92 Å². The summed E-state index contributed by atoms with van der Waals surface area (Å²) in [4.78, 5) is 4.67. The number of aryl methyl sites for hydroxylation is 1. The number of thiazole rings is 1. The van der Waals surface area contributed by atoms with E-state index in [4.69, 9.17) is 14.2 Å². The number of aromatic nitrogens is 1. The van der Waals surface area contributed by atoms with Crippen molar-refractivity contribution in [3.63, 3.8) is 0 Å². The van der Waals surface area contributed by atoms with E-state index in [0.29, 0.717) is 23.7 Å². The zero-order valence-electron chi connectivity index (χ0n) is 15.3. The summed E-state index contributed by atoms with van der Waals surface area (Å²) in [7, 11) is 4.84. The molecule has 0 amide bonds. The van der Waals surface area contributed by atoms with Gasteiger partial charge in [0.1, 0.15) is 0 Å². The van der Waals surface area contributed by atoms with E-state index in [0.717, 1.165) is 22.1 Å². The molecule has 2 aromatic carbocycles. The van der Waals surface area contributed by atoms with Gasteiger partial charge in [0.2, 0.25) is 5.75 Å². The monoisotopic (exact) mass is 370 g/mol. The number of hydrogen-bond acceptors (Lipinski definition) is 6. The molecule has 3 aromatic rings. The average Bonchev–Trinajstić information content (AvgIpc) is 3.09. The number of nitrogens with one attached hydrogen (secondary N) is 1. The van der Waals surface area contributed by atoms with Gasteiger partial charge in [-0.1, -0.05) is 17.7 Å². The number of anilines is 2. The van der Waals surface area contributed by atoms with Crippen molar-refractivity contribution in [2.24, 2.45) is 0 Å². The number of ether oxygens (including phenoxy) is 3. The summed E-state index contributed by atoms with van der Waals surface area (Å²) >= 11 is 1.59. The largest absolute Gasteiger partial charge is 0.493 e. The van der Waals surface area contributed by atoms with Crippen molar-refractivity contribution in [2.45, 2.75) is 13.3 Å². The second kappa shape index (κ2) is 8.10. The third kappa shape index (κ3) is 4.08. The highest BCUT2D eigenvalue weighted by molar-refractivity contribution is 7.13. The number of benzene rings is 2. The van der Waals surface area contributed by atoms with Crippen LogP contribution in [0.2, 0.25) is 0 Å². The molecule has 0 saturated heterocycles. The fourth-order valence-electron chi connectivity index (χ4n) is 2.65. The van der Waals surface area contributed by atoms with Crippen LogP contribution in [0.4, 0.5) is 10.8 Å². The van der Waals surface area contributed by atoms with E-state index < -0.39 is 0 Å². The summed E-state index contributed by atoms with van der Waals surface area (Å²) in [5.74, 6) is 1.89. The average molecular weight is 370 g/mol. The first-order valence-corrected chi connectivity index (χ1v) is 9.08. The molecule has 0 aliphatic rings. The van der Waals surface area contributed by atoms with Gasteiger partial charge in [0, 0.05) is 17.5 Å². The third-order valence-corrected chi connectivity index (χ3v) is 4.77. The molecule has 0 unspecified atom stereocenters. The summed E-state index contributed by atoms with van der Waals surface area (Å²) in [5, 5.41) is 6.27. The minimum absolute atomic E-state index is 0.596. The molecule has 0 bridgehead atoms. The minimum Gasteiger partial charge on any atom is -0.493 e. The van der Waals surface area contributed by atoms with Crippen molar-refractivity contribution in [2.75, 3.05) is 26.6 Å². The Kier molecular flexibility index (Phi) is 5.63. The lowest BCUT2D eigenvalue weighted by atomic mass is 10.1. The quantitative estimate of drug-likeness (QED) is 0.647. The van der Waals surface area contributed by atoms with E-state index in [9.17, 15) is 0 Å². The number of nitrogens with zero attached hydrogens (tertiary/aromatic N) is 1. The van der Waals surface area contributed by atoms with Crippen LogP contribution in [0.1, 0.15) is 16.8 Å². The Morgan fingerprint density at radius 1 is 0.962 bits per heavy atom. The van der Waals surface area contributed by atoms with Crippen molar-refractivity contribution < 1.29 is 14.2 Å². The SMILES string of the molecule is COc1cc(Cc2csc(Nc3ccc(C)cc3)n2)cc(OC)c1OC. The molecule has 3 rings (SSSR count). The highest BCUT2D eigenvalue weighted by Gasteiger charge is 2.14. The van der Waals surface area contributed by atoms with Gasteiger partial charge in [-0.15, -0.1) is 11.3 Å². The fourth-order valence-corrected chi connectivity index (χ4v) is 3.38. The standard InChI is InChI=1S/C20H22N2O3S/c1-13-5-7-15(8-6-13)21-20-22-16(12-26-20)9-14-10-17(23-2)19(25-4)18(11-14)24-3/h5-8,10-12H,9H2,1-4H3,(H,21,22). The predicted molar refractivity (Wildman–Crippen MR) is 105 cm³/mol. The maximum Gasteiger partial charge on any atom is 0.203 e. The van der Waals surface area contributed by atoms with Crippen LogP contribution in [0.25, 0.3) is 0 Å². The smallest absolute Gasteiger partial charge is 0.203 e. The molecule has 0 atom stereocenters. The van der Waals surface area contributed by atoms with Crippen LogP contribution in [0.5, 0.6) is 17.2 Å². The normalized spacial score (nSPS) is 10.5. The van der Waals surface area contributed by atoms with Crippen LogP contribution in [0.3, 0.4) is 0 Å². The van der Waals surface area contributed by atoms with Crippen molar-refractivity contribution in [3.8, 4) is 17.2 Å². The van der Waals surface area contributed by atoms with E-state index in [1.54, 1.807) is 32.7 Å². The molecule has 0 aliphatic carbocycles. The van der Waals surface area contributed by atoms with Gasteiger partial charge in [0.05, 0.1) is 27.0 Å². The summed E-state index contributed by atoms with van der Waals surface area (Å²) in [6.45, 7) is 2.07. The third-order valence-electron chi connectivity index (χ3n) is 3.96. The van der Waals surface area contributed by atoms with E-state index >= 15 is 0 Å². The van der Waals surface area contributed by atoms with Gasteiger partial charge in [-0.05, 0) is 36.8 Å². The van der Waals surface area contributed by atoms with Crippen molar-refractivity contribution in [3.05, 3.63) is 58.6 Å². The Bertz CT molecular complexity index is 850. The number of hydrogen-bond donors (Lipinski definition) is 1. The van der Waals surface area contributed by atoms with Crippen LogP contribution in [-0.2, 0) is 6.42 Å². The molecular weight excluding hydrogens is 348 g/mol. The Labute approximate surface area is 157 Å². The van der Waals surface area contributed by atoms with Crippen LogP contribution >= 0.6 is 11.3 Å². The summed E-state index contributed by atoms with van der Waals surface area (Å²) in [6, 6.07) is 12.2. The molecular formula is C20H22N2O3S. The molecule has 6 heteroatoms. The van der Waals surface area contributed by atoms with Crippen LogP contribution in [-0.4, -0.2) is 26.3 Å². The van der Waals surface area contributed by atoms with Crippen molar-refractivity contribution in [1.29, 1.82) is 0 Å². The molecule has 1 heterocycles. The lowest BCUT2D eigenvalue weighted by Crippen LogP contribution is -1.98. The zero-order chi connectivity index (χ0) is 18.5. The summed E-state index contributed by atoms with van der Waals surface area (Å²) < 4.78 is 16.2. The molecule has 1 aromatic heterocycles. The van der Waals surface area contributed by atoms with E-state index in [2.05, 4.69) is 46.9 Å². The first-order valence-electron chi connectivity index (χ1n) is 8.20. The maximum atomic E-state index is 5.42. The van der Waals surface area contributed by atoms with Crippen LogP contribution in [0.15, 0.2) is 41.8 Å². The molecule has 0 radical (unpaired) electrons. The zero-order valence-corrected chi connectivity index (χ0v) is 16.1. The Morgan fingerprint density at radius 2 is 1.62 bits per heavy atom. The Balaban J connectivity index is 1.77. The van der Waals surface area contributed by atoms with E-state index in [1.807, 2.05) is 12.1 Å². The first-order chi connectivity index (χ1) is 12.6. The molecule has 1 N–H and O–H groups in total. The van der Waals surface area contributed by atoms with Gasteiger partial charge in [-0.25, -0.2) is 4.98 Å². The summed E-state index contributed by atoms with van der Waals surface area (Å²) in [6.07, 6.45) is 0.683. The molecule has 0 aliphatic heterocycles. The van der Waals surface area contributed by atoms with Crippen molar-refractivity contribution in [1.82, 2.24) is 4.98 Å². The van der Waals surface area contributed by atoms with Gasteiger partial charge in [0.15, 0.2) is 16.6 Å². The topological polar surface area (TPSA) is 52.6 Å². The maximum absolute atomic E-state index is 5.42. The van der Waals surface area contributed by atoms with Gasteiger partial charge < -0.3 is 19.5 Å². The lowest BCUT2D eigenvalue weighted by molar-refractivity contribution is 0.324. The molecule has 0 saturated carbocycles. The summed E-state index contributed by atoms with van der Waals surface area (Å²) in [5.41, 5.74) is 4.30. The van der Waals surface area contributed by atoms with E-state index in [-0.39, 0.29) is 0 Å². The number of rotatable bonds is 7. The molecule has 0 fully saturated rings. The van der Waals surface area contributed by atoms with Gasteiger partial charge in [-0.3, -0.25) is 0 Å². The van der Waals surface area contributed by atoms with Crippen molar-refractivity contribution >= 4 is 22.2 Å². The second-order valence-corrected chi connectivity index (χ2v) is 6.70. The van der Waals surface area contributed by atoms with Gasteiger partial charge in [-0.2, -0.15) is 0 Å². The molecule has 0 spiro atoms. The van der Waals surface area contributed by atoms with Gasteiger partial charge in [0.25, 0.3) is 0 Å². The highest BCUT2D eigenvalue weighted by Crippen LogP contribution is 2.38. The lowest BCUT2D eigenvalue weighted by Gasteiger charge is -2.13. The molecule has 136 valence electrons. The van der Waals surface area contributed by atoms with Crippen LogP contribution < -0.4 is 19.5 Å². The highest BCUT2D eigenvalue weighted by atomic mass is 32.1. The predicted octanol–water partition coefficient (Wildman–Crippen LogP) is 4.81. The Hall–Kier alpha value is -2.73. The first kappa shape index (κ1) is 18.1. The fraction of sp³-hybridized carbons (Fsp3) is 0.250. The Morgan fingerprint density at radius 3 is 2.19 bits per heavy atom. The number of methoxy groups -OCH3 is 3. The minimum atomic E-state index is 0.596. The van der Waals surface area contributed by atoms with E-state index in [1.165, 1.54) is 5.56 Å². The molecule has 5 nitrogen and oxygen atoms in total. The second-order valence-electron chi connectivity index (χ2n) is 5.85.